The lowest BCUT2D eigenvalue weighted by atomic mass is 9.95. The summed E-state index contributed by atoms with van der Waals surface area (Å²) in [6.07, 6.45) is 1.25. The van der Waals surface area contributed by atoms with E-state index in [2.05, 4.69) is 10.6 Å². The minimum absolute atomic E-state index is 0.0102. The molecule has 0 atom stereocenters. The Morgan fingerprint density at radius 2 is 1.77 bits per heavy atom. The second kappa shape index (κ2) is 10.9. The third-order valence-corrected chi connectivity index (χ3v) is 5.48. The van der Waals surface area contributed by atoms with E-state index in [0.717, 1.165) is 0 Å². The lowest BCUT2D eigenvalue weighted by Crippen LogP contribution is -2.43. The van der Waals surface area contributed by atoms with Crippen molar-refractivity contribution in [2.45, 2.75) is 12.8 Å². The molecule has 1 saturated heterocycles. The zero-order chi connectivity index (χ0) is 22.2. The molecule has 3 rings (SSSR count). The molecule has 0 aromatic heterocycles. The van der Waals surface area contributed by atoms with Crippen LogP contribution in [0, 0.1) is 5.92 Å². The van der Waals surface area contributed by atoms with Crippen LogP contribution in [-0.2, 0) is 9.53 Å². The summed E-state index contributed by atoms with van der Waals surface area (Å²) in [5.41, 5.74) is 1.52. The van der Waals surface area contributed by atoms with Gasteiger partial charge in [0.05, 0.1) is 6.61 Å². The summed E-state index contributed by atoms with van der Waals surface area (Å²) >= 11 is 5.86. The Hall–Kier alpha value is -2.90. The maximum absolute atomic E-state index is 12.9. The average molecular weight is 444 g/mol. The molecule has 164 valence electrons. The van der Waals surface area contributed by atoms with Crippen LogP contribution in [0.25, 0.3) is 0 Å². The van der Waals surface area contributed by atoms with Crippen molar-refractivity contribution in [3.63, 3.8) is 0 Å². The smallest absolute Gasteiger partial charge is 0.255 e. The number of benzene rings is 2. The SMILES string of the molecule is COCCNC(=O)C1CCN(C(=O)c2cccc(NC(=O)c3ccc(Cl)cc3)c2)CC1. The van der Waals surface area contributed by atoms with Crippen molar-refractivity contribution in [3.05, 3.63) is 64.7 Å². The quantitative estimate of drug-likeness (QED) is 0.643. The summed E-state index contributed by atoms with van der Waals surface area (Å²) in [5, 5.41) is 6.22. The minimum Gasteiger partial charge on any atom is -0.383 e. The number of methoxy groups -OCH3 is 1. The molecule has 0 saturated carbocycles. The normalized spacial score (nSPS) is 14.2. The van der Waals surface area contributed by atoms with E-state index in [4.69, 9.17) is 16.3 Å². The van der Waals surface area contributed by atoms with E-state index in [1.165, 1.54) is 0 Å². The van der Waals surface area contributed by atoms with Crippen molar-refractivity contribution in [2.75, 3.05) is 38.7 Å². The van der Waals surface area contributed by atoms with Gasteiger partial charge in [0.25, 0.3) is 11.8 Å². The molecule has 0 unspecified atom stereocenters. The van der Waals surface area contributed by atoms with Crippen LogP contribution in [0.5, 0.6) is 0 Å². The topological polar surface area (TPSA) is 87.7 Å². The molecular formula is C23H26ClN3O4. The highest BCUT2D eigenvalue weighted by Crippen LogP contribution is 2.21. The fourth-order valence-electron chi connectivity index (χ4n) is 3.48. The van der Waals surface area contributed by atoms with E-state index in [-0.39, 0.29) is 23.6 Å². The van der Waals surface area contributed by atoms with Gasteiger partial charge in [-0.3, -0.25) is 14.4 Å². The van der Waals surface area contributed by atoms with Gasteiger partial charge in [0.2, 0.25) is 5.91 Å². The molecule has 1 heterocycles. The molecule has 2 N–H and O–H groups in total. The molecule has 31 heavy (non-hydrogen) atoms. The van der Waals surface area contributed by atoms with Gasteiger partial charge in [0, 0.05) is 54.5 Å². The Kier molecular flexibility index (Phi) is 8.03. The number of amides is 3. The Bertz CT molecular complexity index is 925. The Morgan fingerprint density at radius 1 is 1.06 bits per heavy atom. The molecule has 0 radical (unpaired) electrons. The van der Waals surface area contributed by atoms with Gasteiger partial charge in [-0.05, 0) is 55.3 Å². The van der Waals surface area contributed by atoms with Crippen LogP contribution in [0.4, 0.5) is 5.69 Å². The zero-order valence-corrected chi connectivity index (χ0v) is 18.2. The van der Waals surface area contributed by atoms with Gasteiger partial charge >= 0.3 is 0 Å². The van der Waals surface area contributed by atoms with Crippen LogP contribution in [-0.4, -0.2) is 56.0 Å². The predicted molar refractivity (Wildman–Crippen MR) is 119 cm³/mol. The van der Waals surface area contributed by atoms with Crippen molar-refractivity contribution in [1.82, 2.24) is 10.2 Å². The highest BCUT2D eigenvalue weighted by Gasteiger charge is 2.27. The van der Waals surface area contributed by atoms with E-state index in [9.17, 15) is 14.4 Å². The maximum Gasteiger partial charge on any atom is 0.255 e. The van der Waals surface area contributed by atoms with Crippen molar-refractivity contribution in [2.24, 2.45) is 5.92 Å². The predicted octanol–water partition coefficient (Wildman–Crippen LogP) is 3.21. The Balaban J connectivity index is 1.56. The van der Waals surface area contributed by atoms with Gasteiger partial charge in [0.15, 0.2) is 0 Å². The molecule has 8 heteroatoms. The van der Waals surface area contributed by atoms with Crippen LogP contribution in [0.3, 0.4) is 0 Å². The summed E-state index contributed by atoms with van der Waals surface area (Å²) in [4.78, 5) is 39.3. The Labute approximate surface area is 186 Å². The number of nitrogens with one attached hydrogen (secondary N) is 2. The average Bonchev–Trinajstić information content (AvgIpc) is 2.79. The molecule has 1 aliphatic rings. The van der Waals surface area contributed by atoms with Crippen LogP contribution >= 0.6 is 11.6 Å². The molecular weight excluding hydrogens is 418 g/mol. The molecule has 0 spiro atoms. The number of ether oxygens (including phenoxy) is 1. The van der Waals surface area contributed by atoms with E-state index in [1.54, 1.807) is 60.5 Å². The van der Waals surface area contributed by atoms with Crippen LogP contribution in [0.15, 0.2) is 48.5 Å². The summed E-state index contributed by atoms with van der Waals surface area (Å²) in [6.45, 7) is 2.00. The number of hydrogen-bond donors (Lipinski definition) is 2. The first-order valence-electron chi connectivity index (χ1n) is 10.2. The summed E-state index contributed by atoms with van der Waals surface area (Å²) in [6, 6.07) is 13.5. The monoisotopic (exact) mass is 443 g/mol. The second-order valence-electron chi connectivity index (χ2n) is 7.39. The zero-order valence-electron chi connectivity index (χ0n) is 17.4. The number of halogens is 1. The first-order valence-corrected chi connectivity index (χ1v) is 10.6. The van der Waals surface area contributed by atoms with E-state index >= 15 is 0 Å². The van der Waals surface area contributed by atoms with Crippen LogP contribution < -0.4 is 10.6 Å². The van der Waals surface area contributed by atoms with Crippen molar-refractivity contribution in [1.29, 1.82) is 0 Å². The van der Waals surface area contributed by atoms with Gasteiger partial charge in [-0.25, -0.2) is 0 Å². The standard InChI is InChI=1S/C23H26ClN3O4/c1-31-14-11-25-21(28)17-9-12-27(13-10-17)23(30)18-3-2-4-20(15-18)26-22(29)16-5-7-19(24)8-6-16/h2-8,15,17H,9-14H2,1H3,(H,25,28)(H,26,29). The Morgan fingerprint density at radius 3 is 2.45 bits per heavy atom. The van der Waals surface area contributed by atoms with Crippen molar-refractivity contribution in [3.8, 4) is 0 Å². The second-order valence-corrected chi connectivity index (χ2v) is 7.83. The van der Waals surface area contributed by atoms with Gasteiger partial charge in [0.1, 0.15) is 0 Å². The third kappa shape index (κ3) is 6.29. The third-order valence-electron chi connectivity index (χ3n) is 5.23. The highest BCUT2D eigenvalue weighted by atomic mass is 35.5. The molecule has 0 bridgehead atoms. The van der Waals surface area contributed by atoms with Crippen molar-refractivity contribution >= 4 is 35.0 Å². The summed E-state index contributed by atoms with van der Waals surface area (Å²) in [7, 11) is 1.59. The van der Waals surface area contributed by atoms with Crippen LogP contribution in [0.2, 0.25) is 5.02 Å². The van der Waals surface area contributed by atoms with E-state index in [0.29, 0.717) is 60.9 Å². The van der Waals surface area contributed by atoms with Gasteiger partial charge in [-0.15, -0.1) is 0 Å². The minimum atomic E-state index is -0.276. The maximum atomic E-state index is 12.9. The molecule has 3 amide bonds. The molecule has 2 aromatic rings. The summed E-state index contributed by atoms with van der Waals surface area (Å²) < 4.78 is 4.94. The molecule has 0 aliphatic carbocycles. The number of anilines is 1. The number of nitrogens with zero attached hydrogens (tertiary/aromatic N) is 1. The molecule has 7 nitrogen and oxygen atoms in total. The first-order chi connectivity index (χ1) is 15.0. The number of carbonyl (C=O) groups excluding carboxylic acids is 3. The molecule has 2 aromatic carbocycles. The van der Waals surface area contributed by atoms with Crippen molar-refractivity contribution < 1.29 is 19.1 Å². The number of carbonyl (C=O) groups is 3. The summed E-state index contributed by atoms with van der Waals surface area (Å²) in [5.74, 6) is -0.468. The van der Waals surface area contributed by atoms with E-state index < -0.39 is 0 Å². The van der Waals surface area contributed by atoms with Crippen LogP contribution in [0.1, 0.15) is 33.6 Å². The lowest BCUT2D eigenvalue weighted by Gasteiger charge is -2.31. The highest BCUT2D eigenvalue weighted by molar-refractivity contribution is 6.30. The van der Waals surface area contributed by atoms with Gasteiger partial charge in [-0.2, -0.15) is 0 Å². The lowest BCUT2D eigenvalue weighted by molar-refractivity contribution is -0.126. The molecule has 1 fully saturated rings. The fourth-order valence-corrected chi connectivity index (χ4v) is 3.61. The largest absolute Gasteiger partial charge is 0.383 e. The fraction of sp³-hybridized carbons (Fsp3) is 0.348. The van der Waals surface area contributed by atoms with Gasteiger partial charge in [-0.1, -0.05) is 17.7 Å². The van der Waals surface area contributed by atoms with Gasteiger partial charge < -0.3 is 20.3 Å². The number of likely N-dealkylation sites (tertiary alicyclic amines) is 1. The number of piperidine rings is 1. The number of rotatable bonds is 7. The first kappa shape index (κ1) is 22.8. The molecule has 1 aliphatic heterocycles. The van der Waals surface area contributed by atoms with E-state index in [1.807, 2.05) is 0 Å². The number of hydrogen-bond acceptors (Lipinski definition) is 4.